The van der Waals surface area contributed by atoms with E-state index in [1.165, 1.54) is 6.42 Å². The summed E-state index contributed by atoms with van der Waals surface area (Å²) in [5.41, 5.74) is 1.54. The number of benzene rings is 1. The maximum Gasteiger partial charge on any atom is 0.250 e. The van der Waals surface area contributed by atoms with E-state index >= 15 is 0 Å². The average molecular weight is 338 g/mol. The highest BCUT2D eigenvalue weighted by Crippen LogP contribution is 2.27. The normalized spacial score (nSPS) is 21.2. The van der Waals surface area contributed by atoms with Crippen molar-refractivity contribution in [3.63, 3.8) is 0 Å². The van der Waals surface area contributed by atoms with Crippen LogP contribution in [-0.4, -0.2) is 46.3 Å². The average Bonchev–Trinajstić information content (AvgIpc) is 2.67. The molecule has 2 aliphatic heterocycles. The molecule has 0 aliphatic carbocycles. The summed E-state index contributed by atoms with van der Waals surface area (Å²) in [4.78, 5) is 19.4. The van der Waals surface area contributed by atoms with E-state index in [9.17, 15) is 10.1 Å². The van der Waals surface area contributed by atoms with Gasteiger partial charge in [-0.25, -0.2) is 0 Å². The Hall–Kier alpha value is -2.48. The van der Waals surface area contributed by atoms with E-state index in [4.69, 9.17) is 0 Å². The second-order valence-corrected chi connectivity index (χ2v) is 6.73. The summed E-state index contributed by atoms with van der Waals surface area (Å²) in [6.07, 6.45) is 5.71. The maximum atomic E-state index is 13.1. The molecule has 0 saturated carbocycles. The SMILES string of the molecule is CCN1C=C(N2CCCCC2)N(Cc2ccccc2C#N)C(=O)C1C. The van der Waals surface area contributed by atoms with Gasteiger partial charge >= 0.3 is 0 Å². The van der Waals surface area contributed by atoms with Crippen LogP contribution in [0.1, 0.15) is 44.2 Å². The third kappa shape index (κ3) is 3.48. The number of rotatable bonds is 4. The molecule has 0 bridgehead atoms. The molecule has 3 rings (SSSR count). The second-order valence-electron chi connectivity index (χ2n) is 6.73. The van der Waals surface area contributed by atoms with Gasteiger partial charge in [-0.3, -0.25) is 9.69 Å². The van der Waals surface area contributed by atoms with Gasteiger partial charge in [0.1, 0.15) is 11.9 Å². The molecule has 1 aromatic carbocycles. The molecule has 132 valence electrons. The summed E-state index contributed by atoms with van der Waals surface area (Å²) in [6, 6.07) is 9.62. The zero-order valence-electron chi connectivity index (χ0n) is 15.1. The first-order valence-electron chi connectivity index (χ1n) is 9.17. The van der Waals surface area contributed by atoms with Crippen molar-refractivity contribution in [1.82, 2.24) is 14.7 Å². The van der Waals surface area contributed by atoms with Crippen LogP contribution >= 0.6 is 0 Å². The highest BCUT2D eigenvalue weighted by Gasteiger charge is 2.34. The summed E-state index contributed by atoms with van der Waals surface area (Å²) in [7, 11) is 0. The van der Waals surface area contributed by atoms with Crippen molar-refractivity contribution in [2.75, 3.05) is 19.6 Å². The highest BCUT2D eigenvalue weighted by atomic mass is 16.2. The van der Waals surface area contributed by atoms with Crippen molar-refractivity contribution in [3.05, 3.63) is 47.4 Å². The number of likely N-dealkylation sites (N-methyl/N-ethyl adjacent to an activating group) is 1. The quantitative estimate of drug-likeness (QED) is 0.847. The molecule has 25 heavy (non-hydrogen) atoms. The zero-order valence-corrected chi connectivity index (χ0v) is 15.1. The number of carbonyl (C=O) groups is 1. The molecular formula is C20H26N4O. The molecule has 5 nitrogen and oxygen atoms in total. The Morgan fingerprint density at radius 1 is 1.20 bits per heavy atom. The van der Waals surface area contributed by atoms with E-state index in [0.717, 1.165) is 43.9 Å². The van der Waals surface area contributed by atoms with Gasteiger partial charge in [0.25, 0.3) is 5.91 Å². The lowest BCUT2D eigenvalue weighted by molar-refractivity contribution is -0.137. The Labute approximate surface area is 150 Å². The van der Waals surface area contributed by atoms with E-state index in [2.05, 4.69) is 29.0 Å². The monoisotopic (exact) mass is 338 g/mol. The first-order chi connectivity index (χ1) is 12.2. The number of hydrogen-bond acceptors (Lipinski definition) is 4. The van der Waals surface area contributed by atoms with Crippen LogP contribution in [0.15, 0.2) is 36.3 Å². The summed E-state index contributed by atoms with van der Waals surface area (Å²) < 4.78 is 0. The molecule has 0 radical (unpaired) electrons. The van der Waals surface area contributed by atoms with Crippen molar-refractivity contribution < 1.29 is 4.79 Å². The van der Waals surface area contributed by atoms with Gasteiger partial charge in [-0.1, -0.05) is 18.2 Å². The Kier molecular flexibility index (Phi) is 5.28. The fourth-order valence-corrected chi connectivity index (χ4v) is 3.65. The first kappa shape index (κ1) is 17.3. The number of piperidine rings is 1. The topological polar surface area (TPSA) is 50.6 Å². The van der Waals surface area contributed by atoms with Gasteiger partial charge in [0.2, 0.25) is 0 Å². The van der Waals surface area contributed by atoms with E-state index in [1.807, 2.05) is 36.1 Å². The zero-order chi connectivity index (χ0) is 17.8. The van der Waals surface area contributed by atoms with E-state index in [1.54, 1.807) is 0 Å². The predicted octanol–water partition coefficient (Wildman–Crippen LogP) is 2.90. The molecule has 2 aliphatic rings. The third-order valence-electron chi connectivity index (χ3n) is 5.19. The smallest absolute Gasteiger partial charge is 0.250 e. The lowest BCUT2D eigenvalue weighted by Crippen LogP contribution is -2.53. The number of amides is 1. The minimum Gasteiger partial charge on any atom is -0.363 e. The molecule has 1 atom stereocenters. The van der Waals surface area contributed by atoms with Crippen LogP contribution in [0.4, 0.5) is 0 Å². The van der Waals surface area contributed by atoms with E-state index in [0.29, 0.717) is 12.1 Å². The largest absolute Gasteiger partial charge is 0.363 e. The molecule has 2 heterocycles. The number of nitrogens with zero attached hydrogens (tertiary/aromatic N) is 4. The third-order valence-corrected chi connectivity index (χ3v) is 5.19. The van der Waals surface area contributed by atoms with Crippen molar-refractivity contribution in [3.8, 4) is 6.07 Å². The molecule has 0 aromatic heterocycles. The minimum atomic E-state index is -0.173. The number of hydrogen-bond donors (Lipinski definition) is 0. The molecule has 5 heteroatoms. The molecule has 1 fully saturated rings. The van der Waals surface area contributed by atoms with Gasteiger partial charge in [0.15, 0.2) is 0 Å². The van der Waals surface area contributed by atoms with Gasteiger partial charge in [-0.2, -0.15) is 5.26 Å². The summed E-state index contributed by atoms with van der Waals surface area (Å²) >= 11 is 0. The Bertz CT molecular complexity index is 700. The van der Waals surface area contributed by atoms with Gasteiger partial charge in [-0.15, -0.1) is 0 Å². The van der Waals surface area contributed by atoms with Crippen LogP contribution in [0.3, 0.4) is 0 Å². The van der Waals surface area contributed by atoms with Crippen molar-refractivity contribution in [1.29, 1.82) is 5.26 Å². The summed E-state index contributed by atoms with van der Waals surface area (Å²) in [5.74, 6) is 1.09. The minimum absolute atomic E-state index is 0.109. The number of likely N-dealkylation sites (tertiary alicyclic amines) is 1. The van der Waals surface area contributed by atoms with Crippen LogP contribution in [0.5, 0.6) is 0 Å². The van der Waals surface area contributed by atoms with Gasteiger partial charge in [0, 0.05) is 25.8 Å². The molecule has 0 spiro atoms. The Morgan fingerprint density at radius 2 is 1.92 bits per heavy atom. The van der Waals surface area contributed by atoms with Crippen molar-refractivity contribution in [2.45, 2.75) is 45.7 Å². The Morgan fingerprint density at radius 3 is 2.60 bits per heavy atom. The standard InChI is InChI=1S/C20H26N4O/c1-3-22-15-19(23-11-7-4-8-12-23)24(20(25)16(22)2)14-18-10-6-5-9-17(18)13-21/h5-6,9-10,15-16H,3-4,7-8,11-12,14H2,1-2H3. The molecule has 1 unspecified atom stereocenters. The van der Waals surface area contributed by atoms with Crippen molar-refractivity contribution in [2.24, 2.45) is 0 Å². The fraction of sp³-hybridized carbons (Fsp3) is 0.500. The van der Waals surface area contributed by atoms with Crippen LogP contribution < -0.4 is 0 Å². The first-order valence-corrected chi connectivity index (χ1v) is 9.17. The molecule has 0 N–H and O–H groups in total. The molecule has 1 amide bonds. The van der Waals surface area contributed by atoms with Crippen LogP contribution in [0.2, 0.25) is 0 Å². The molecular weight excluding hydrogens is 312 g/mol. The van der Waals surface area contributed by atoms with Crippen LogP contribution in [0.25, 0.3) is 0 Å². The van der Waals surface area contributed by atoms with Crippen LogP contribution in [-0.2, 0) is 11.3 Å². The van der Waals surface area contributed by atoms with Gasteiger partial charge in [0.05, 0.1) is 18.2 Å². The second kappa shape index (κ2) is 7.60. The highest BCUT2D eigenvalue weighted by molar-refractivity contribution is 5.84. The van der Waals surface area contributed by atoms with Crippen molar-refractivity contribution >= 4 is 5.91 Å². The summed E-state index contributed by atoms with van der Waals surface area (Å²) in [6.45, 7) is 7.27. The van der Waals surface area contributed by atoms with Gasteiger partial charge < -0.3 is 9.80 Å². The van der Waals surface area contributed by atoms with Crippen LogP contribution in [0, 0.1) is 11.3 Å². The van der Waals surface area contributed by atoms with Gasteiger partial charge in [-0.05, 0) is 44.7 Å². The number of nitriles is 1. The number of carbonyl (C=O) groups excluding carboxylic acids is 1. The summed E-state index contributed by atoms with van der Waals surface area (Å²) in [5, 5.41) is 9.37. The Balaban J connectivity index is 1.95. The fourth-order valence-electron chi connectivity index (χ4n) is 3.65. The lowest BCUT2D eigenvalue weighted by Gasteiger charge is -2.44. The van der Waals surface area contributed by atoms with E-state index in [-0.39, 0.29) is 11.9 Å². The van der Waals surface area contributed by atoms with E-state index < -0.39 is 0 Å². The lowest BCUT2D eigenvalue weighted by atomic mass is 10.1. The molecule has 1 aromatic rings. The molecule has 1 saturated heterocycles. The maximum absolute atomic E-state index is 13.1. The predicted molar refractivity (Wildman–Crippen MR) is 97.1 cm³/mol.